The number of halogens is 2. The molecule has 0 aliphatic heterocycles. The Labute approximate surface area is 254 Å². The van der Waals surface area contributed by atoms with Crippen LogP contribution in [-0.4, -0.2) is 32.2 Å². The minimum Gasteiger partial charge on any atom is -0.493 e. The maximum Gasteiger partial charge on any atom is 0.339 e. The van der Waals surface area contributed by atoms with E-state index in [1.165, 1.54) is 48.6 Å². The summed E-state index contributed by atoms with van der Waals surface area (Å²) in [6.07, 6.45) is 2.54. The van der Waals surface area contributed by atoms with Gasteiger partial charge in [0.05, 0.1) is 35.5 Å². The van der Waals surface area contributed by atoms with Crippen molar-refractivity contribution in [1.82, 2.24) is 4.90 Å². The number of ether oxygens (including phenoxy) is 1. The third-order valence-corrected chi connectivity index (χ3v) is 7.97. The van der Waals surface area contributed by atoms with E-state index in [1.807, 2.05) is 6.92 Å². The molecule has 0 aliphatic rings. The lowest BCUT2D eigenvalue weighted by Crippen LogP contribution is -2.30. The number of nitrogens with zero attached hydrogens (tertiary/aromatic N) is 1. The number of rotatable bonds is 12. The van der Waals surface area contributed by atoms with E-state index in [0.717, 1.165) is 0 Å². The molecule has 0 atom stereocenters. The molecule has 42 heavy (non-hydrogen) atoms. The first-order valence-electron chi connectivity index (χ1n) is 12.9. The summed E-state index contributed by atoms with van der Waals surface area (Å²) in [5, 5.41) is 3.09. The topological polar surface area (TPSA) is 115 Å². The fourth-order valence-corrected chi connectivity index (χ4v) is 5.57. The third-order valence-electron chi connectivity index (χ3n) is 6.10. The van der Waals surface area contributed by atoms with Crippen LogP contribution in [0, 0.1) is 0 Å². The van der Waals surface area contributed by atoms with Crippen molar-refractivity contribution in [2.75, 3.05) is 12.4 Å². The number of hydrogen-bond acceptors (Lipinski definition) is 7. The Kier molecular flexibility index (Phi) is 10.2. The van der Waals surface area contributed by atoms with Gasteiger partial charge in [0.25, 0.3) is 5.91 Å². The van der Waals surface area contributed by atoms with Gasteiger partial charge in [0.2, 0.25) is 5.91 Å². The molecule has 1 aromatic heterocycles. The molecule has 0 fully saturated rings. The van der Waals surface area contributed by atoms with E-state index < -0.39 is 16.0 Å². The summed E-state index contributed by atoms with van der Waals surface area (Å²) in [6.45, 7) is 2.02. The molecule has 4 rings (SSSR count). The first-order valence-corrected chi connectivity index (χ1v) is 15.0. The zero-order chi connectivity index (χ0) is 30.3. The number of hydrogen-bond donors (Lipinski definition) is 1. The summed E-state index contributed by atoms with van der Waals surface area (Å²) in [5.74, 6) is 0.00932. The third kappa shape index (κ3) is 7.64. The molecule has 9 nitrogen and oxygen atoms in total. The van der Waals surface area contributed by atoms with Gasteiger partial charge in [-0.2, -0.15) is 8.42 Å². The molecule has 3 aromatic carbocycles. The Bertz CT molecular complexity index is 1640. The number of carbonyl (C=O) groups is 2. The van der Waals surface area contributed by atoms with Crippen molar-refractivity contribution >= 4 is 50.8 Å². The van der Waals surface area contributed by atoms with E-state index in [2.05, 4.69) is 5.32 Å². The molecule has 0 saturated carbocycles. The highest BCUT2D eigenvalue weighted by molar-refractivity contribution is 7.87. The lowest BCUT2D eigenvalue weighted by atomic mass is 10.1. The van der Waals surface area contributed by atoms with Crippen LogP contribution in [0.5, 0.6) is 11.5 Å². The van der Waals surface area contributed by atoms with Crippen molar-refractivity contribution in [3.8, 4) is 11.5 Å². The van der Waals surface area contributed by atoms with E-state index in [9.17, 15) is 18.0 Å². The zero-order valence-corrected chi connectivity index (χ0v) is 25.1. The number of benzene rings is 3. The second-order valence-corrected chi connectivity index (χ2v) is 11.5. The largest absolute Gasteiger partial charge is 0.493 e. The summed E-state index contributed by atoms with van der Waals surface area (Å²) in [7, 11) is -2.90. The summed E-state index contributed by atoms with van der Waals surface area (Å²) < 4.78 is 42.6. The van der Waals surface area contributed by atoms with Crippen LogP contribution in [0.4, 0.5) is 5.69 Å². The quantitative estimate of drug-likeness (QED) is 0.168. The SMILES string of the molecule is CCCC(=O)Nc1ccc(S(=O)(=O)Oc2cc(CN(Cc3ccco3)C(=O)c3c(Cl)cccc3Cl)ccc2OC)cc1. The first-order chi connectivity index (χ1) is 20.1. The maximum absolute atomic E-state index is 13.6. The monoisotopic (exact) mass is 630 g/mol. The lowest BCUT2D eigenvalue weighted by Gasteiger charge is -2.23. The van der Waals surface area contributed by atoms with E-state index in [0.29, 0.717) is 29.9 Å². The lowest BCUT2D eigenvalue weighted by molar-refractivity contribution is -0.116. The van der Waals surface area contributed by atoms with Crippen molar-refractivity contribution < 1.29 is 31.3 Å². The van der Waals surface area contributed by atoms with Crippen LogP contribution >= 0.6 is 23.2 Å². The van der Waals surface area contributed by atoms with Crippen LogP contribution in [0.1, 0.15) is 41.4 Å². The summed E-state index contributed by atoms with van der Waals surface area (Å²) >= 11 is 12.6. The average Bonchev–Trinajstić information content (AvgIpc) is 3.46. The molecule has 0 aliphatic carbocycles. The summed E-state index contributed by atoms with van der Waals surface area (Å²) in [4.78, 5) is 26.8. The fourth-order valence-electron chi connectivity index (χ4n) is 4.08. The van der Waals surface area contributed by atoms with Crippen molar-refractivity contribution in [3.63, 3.8) is 0 Å². The molecular weight excluding hydrogens is 603 g/mol. The molecule has 0 unspecified atom stereocenters. The van der Waals surface area contributed by atoms with Gasteiger partial charge in [-0.1, -0.05) is 42.3 Å². The minimum atomic E-state index is -4.28. The molecule has 0 radical (unpaired) electrons. The molecule has 0 bridgehead atoms. The average molecular weight is 632 g/mol. The standard InChI is InChI=1S/C30H28Cl2N2O7S/c1-3-6-28(35)33-21-11-13-23(14-12-21)42(37,38)41-27-17-20(10-15-26(27)39-2)18-34(19-22-7-5-16-40-22)30(36)29-24(31)8-4-9-25(29)32/h4-5,7-17H,3,6,18-19H2,1-2H3,(H,33,35). The van der Waals surface area contributed by atoms with Gasteiger partial charge in [-0.3, -0.25) is 9.59 Å². The van der Waals surface area contributed by atoms with Crippen molar-refractivity contribution in [2.45, 2.75) is 37.8 Å². The second kappa shape index (κ2) is 13.8. The fraction of sp³-hybridized carbons (Fsp3) is 0.200. The Morgan fingerprint density at radius 1 is 0.929 bits per heavy atom. The Morgan fingerprint density at radius 2 is 1.64 bits per heavy atom. The van der Waals surface area contributed by atoms with Crippen molar-refractivity contribution in [3.05, 3.63) is 106 Å². The van der Waals surface area contributed by atoms with E-state index in [1.54, 1.807) is 42.5 Å². The van der Waals surface area contributed by atoms with E-state index in [4.69, 9.17) is 36.5 Å². The molecular formula is C30H28Cl2N2O7S. The van der Waals surface area contributed by atoms with Crippen LogP contribution < -0.4 is 14.2 Å². The maximum atomic E-state index is 13.6. The number of anilines is 1. The number of methoxy groups -OCH3 is 1. The number of nitrogens with one attached hydrogen (secondary N) is 1. The molecule has 220 valence electrons. The highest BCUT2D eigenvalue weighted by atomic mass is 35.5. The minimum absolute atomic E-state index is 0.0354. The van der Waals surface area contributed by atoms with Crippen LogP contribution in [-0.2, 0) is 28.0 Å². The molecule has 4 aromatic rings. The normalized spacial score (nSPS) is 11.1. The Hall–Kier alpha value is -3.99. The predicted octanol–water partition coefficient (Wildman–Crippen LogP) is 6.94. The van der Waals surface area contributed by atoms with Crippen molar-refractivity contribution in [1.29, 1.82) is 0 Å². The predicted molar refractivity (Wildman–Crippen MR) is 160 cm³/mol. The Balaban J connectivity index is 1.60. The van der Waals surface area contributed by atoms with Crippen molar-refractivity contribution in [2.24, 2.45) is 0 Å². The van der Waals surface area contributed by atoms with Gasteiger partial charge in [0.1, 0.15) is 10.7 Å². The second-order valence-electron chi connectivity index (χ2n) is 9.18. The number of amides is 2. The van der Waals surface area contributed by atoms with Gasteiger partial charge < -0.3 is 23.6 Å². The zero-order valence-electron chi connectivity index (χ0n) is 22.8. The van der Waals surface area contributed by atoms with Gasteiger partial charge in [0.15, 0.2) is 11.5 Å². The first kappa shape index (κ1) is 31.0. The molecule has 1 N–H and O–H groups in total. The van der Waals surface area contributed by atoms with Gasteiger partial charge >= 0.3 is 10.1 Å². The van der Waals surface area contributed by atoms with Crippen LogP contribution in [0.2, 0.25) is 10.0 Å². The molecule has 12 heteroatoms. The van der Waals surface area contributed by atoms with E-state index >= 15 is 0 Å². The molecule has 2 amide bonds. The van der Waals surface area contributed by atoms with Gasteiger partial charge in [-0.05, 0) is 72.6 Å². The molecule has 0 saturated heterocycles. The van der Waals surface area contributed by atoms with Gasteiger partial charge in [-0.25, -0.2) is 0 Å². The highest BCUT2D eigenvalue weighted by Gasteiger charge is 2.24. The summed E-state index contributed by atoms with van der Waals surface area (Å²) in [6, 6.07) is 18.6. The van der Waals surface area contributed by atoms with Crippen LogP contribution in [0.15, 0.2) is 88.4 Å². The van der Waals surface area contributed by atoms with Gasteiger partial charge in [0, 0.05) is 18.7 Å². The number of carbonyl (C=O) groups excluding carboxylic acids is 2. The number of furan rings is 1. The summed E-state index contributed by atoms with van der Waals surface area (Å²) in [5.41, 5.74) is 1.14. The molecule has 0 spiro atoms. The molecule has 1 heterocycles. The van der Waals surface area contributed by atoms with E-state index in [-0.39, 0.29) is 51.0 Å². The van der Waals surface area contributed by atoms with Crippen LogP contribution in [0.25, 0.3) is 0 Å². The van der Waals surface area contributed by atoms with Crippen LogP contribution in [0.3, 0.4) is 0 Å². The highest BCUT2D eigenvalue weighted by Crippen LogP contribution is 2.33. The smallest absolute Gasteiger partial charge is 0.339 e. The Morgan fingerprint density at radius 3 is 2.26 bits per heavy atom. The van der Waals surface area contributed by atoms with Gasteiger partial charge in [-0.15, -0.1) is 0 Å².